The van der Waals surface area contributed by atoms with Gasteiger partial charge >= 0.3 is 6.03 Å². The molecule has 0 aliphatic heterocycles. The Morgan fingerprint density at radius 2 is 1.68 bits per heavy atom. The lowest BCUT2D eigenvalue weighted by atomic mass is 10.4. The van der Waals surface area contributed by atoms with Gasteiger partial charge in [0.1, 0.15) is 0 Å². The number of hydrogen-bond acceptors (Lipinski definition) is 10. The molecule has 15 heteroatoms. The number of amides is 2. The van der Waals surface area contributed by atoms with E-state index in [0.29, 0.717) is 0 Å². The molecule has 152 valence electrons. The average molecular weight is 432 g/mol. The molecule has 0 spiro atoms. The molecule has 0 unspecified atom stereocenters. The number of methoxy groups -OCH3 is 2. The first kappa shape index (κ1) is 21.1. The Balaban J connectivity index is 2.25. The van der Waals surface area contributed by atoms with Crippen molar-refractivity contribution in [2.75, 3.05) is 30.5 Å². The van der Waals surface area contributed by atoms with Crippen LogP contribution in [0.25, 0.3) is 0 Å². The molecule has 2 aromatic rings. The molecule has 2 aromatic heterocycles. The van der Waals surface area contributed by atoms with E-state index in [0.717, 1.165) is 12.5 Å². The normalized spacial score (nSPS) is 11.4. The second-order valence-electron chi connectivity index (χ2n) is 5.07. The van der Waals surface area contributed by atoms with Gasteiger partial charge in [0.25, 0.3) is 10.0 Å². The smallest absolute Gasteiger partial charge is 0.335 e. The van der Waals surface area contributed by atoms with Crippen LogP contribution in [0.2, 0.25) is 0 Å². The van der Waals surface area contributed by atoms with Crippen molar-refractivity contribution in [3.05, 3.63) is 24.4 Å². The van der Waals surface area contributed by atoms with Crippen LogP contribution in [0.15, 0.2) is 29.4 Å². The molecule has 3 N–H and O–H groups in total. The molecule has 0 radical (unpaired) electrons. The first-order valence-corrected chi connectivity index (χ1v) is 10.6. The van der Waals surface area contributed by atoms with E-state index in [9.17, 15) is 21.6 Å². The summed E-state index contributed by atoms with van der Waals surface area (Å²) >= 11 is 0. The Hall–Kier alpha value is -3.20. The molecule has 0 fully saturated rings. The number of pyridine rings is 1. The SMILES string of the molecule is COc1cc(OC)nc(NC(=O)NS(=O)(=O)c2ncccc2NS(C)(=O)=O)n1. The van der Waals surface area contributed by atoms with Crippen molar-refractivity contribution in [2.24, 2.45) is 0 Å². The predicted molar refractivity (Wildman–Crippen MR) is 97.2 cm³/mol. The maximum atomic E-state index is 12.4. The lowest BCUT2D eigenvalue weighted by Crippen LogP contribution is -2.35. The third-order valence-electron chi connectivity index (χ3n) is 2.87. The Bertz CT molecular complexity index is 1070. The highest BCUT2D eigenvalue weighted by molar-refractivity contribution is 7.92. The van der Waals surface area contributed by atoms with E-state index in [4.69, 9.17) is 9.47 Å². The number of hydrogen-bond donors (Lipinski definition) is 3. The molecule has 0 bridgehead atoms. The van der Waals surface area contributed by atoms with Crippen LogP contribution in [0.4, 0.5) is 16.4 Å². The fourth-order valence-corrected chi connectivity index (χ4v) is 3.48. The summed E-state index contributed by atoms with van der Waals surface area (Å²) < 4.78 is 61.2. The molecular formula is C13H16N6O7S2. The van der Waals surface area contributed by atoms with Crippen molar-refractivity contribution in [3.8, 4) is 11.8 Å². The Morgan fingerprint density at radius 3 is 2.21 bits per heavy atom. The molecule has 28 heavy (non-hydrogen) atoms. The third kappa shape index (κ3) is 5.65. The minimum atomic E-state index is -4.53. The number of ether oxygens (including phenoxy) is 2. The van der Waals surface area contributed by atoms with Gasteiger partial charge < -0.3 is 9.47 Å². The zero-order valence-corrected chi connectivity index (χ0v) is 16.5. The van der Waals surface area contributed by atoms with E-state index in [1.165, 1.54) is 32.4 Å². The van der Waals surface area contributed by atoms with Crippen LogP contribution in [0.1, 0.15) is 0 Å². The van der Waals surface area contributed by atoms with Crippen LogP contribution in [0.3, 0.4) is 0 Å². The summed E-state index contributed by atoms with van der Waals surface area (Å²) in [5.74, 6) is -0.164. The lowest BCUT2D eigenvalue weighted by Gasteiger charge is -2.12. The van der Waals surface area contributed by atoms with Crippen molar-refractivity contribution >= 4 is 37.7 Å². The first-order chi connectivity index (χ1) is 13.0. The van der Waals surface area contributed by atoms with Gasteiger partial charge in [-0.2, -0.15) is 18.4 Å². The fourth-order valence-electron chi connectivity index (χ4n) is 1.85. The number of carbonyl (C=O) groups excluding carboxylic acids is 1. The maximum Gasteiger partial charge on any atom is 0.335 e. The summed E-state index contributed by atoms with van der Waals surface area (Å²) in [6.07, 6.45) is 1.96. The second kappa shape index (κ2) is 8.22. The highest BCUT2D eigenvalue weighted by atomic mass is 32.2. The van der Waals surface area contributed by atoms with Gasteiger partial charge in [0.05, 0.1) is 32.2 Å². The van der Waals surface area contributed by atoms with Gasteiger partial charge in [-0.05, 0) is 12.1 Å². The number of nitrogens with one attached hydrogen (secondary N) is 3. The Kier molecular flexibility index (Phi) is 6.19. The molecule has 0 saturated carbocycles. The van der Waals surface area contributed by atoms with Crippen molar-refractivity contribution in [1.29, 1.82) is 0 Å². The van der Waals surface area contributed by atoms with E-state index in [-0.39, 0.29) is 23.4 Å². The average Bonchev–Trinajstić information content (AvgIpc) is 2.59. The highest BCUT2D eigenvalue weighted by Crippen LogP contribution is 2.20. The molecule has 2 rings (SSSR count). The van der Waals surface area contributed by atoms with Crippen LogP contribution in [-0.2, 0) is 20.0 Å². The van der Waals surface area contributed by atoms with Gasteiger partial charge in [0.15, 0.2) is 5.03 Å². The number of anilines is 2. The van der Waals surface area contributed by atoms with E-state index >= 15 is 0 Å². The number of urea groups is 1. The number of carbonyl (C=O) groups is 1. The standard InChI is InChI=1S/C13H16N6O7S2/c1-25-9-7-10(26-2)16-12(15-9)17-13(20)19-28(23,24)11-8(5-4-6-14-11)18-27(3,21)22/h4-7,18H,1-3H3,(H2,15,16,17,19,20). The van der Waals surface area contributed by atoms with Crippen molar-refractivity contribution in [2.45, 2.75) is 5.03 Å². The van der Waals surface area contributed by atoms with Crippen LogP contribution >= 0.6 is 0 Å². The monoisotopic (exact) mass is 432 g/mol. The Labute approximate surface area is 160 Å². The van der Waals surface area contributed by atoms with Gasteiger partial charge in [-0.15, -0.1) is 0 Å². The number of nitrogens with zero attached hydrogens (tertiary/aromatic N) is 3. The molecule has 0 saturated heterocycles. The zero-order valence-electron chi connectivity index (χ0n) is 14.8. The summed E-state index contributed by atoms with van der Waals surface area (Å²) in [5, 5.41) is 1.41. The Morgan fingerprint density at radius 1 is 1.07 bits per heavy atom. The van der Waals surface area contributed by atoms with Crippen LogP contribution in [0, 0.1) is 0 Å². The van der Waals surface area contributed by atoms with Crippen LogP contribution in [0.5, 0.6) is 11.8 Å². The van der Waals surface area contributed by atoms with Crippen LogP contribution < -0.4 is 24.2 Å². The number of aromatic nitrogens is 3. The maximum absolute atomic E-state index is 12.4. The van der Waals surface area contributed by atoms with Crippen LogP contribution in [-0.4, -0.2) is 58.3 Å². The van der Waals surface area contributed by atoms with Crippen molar-refractivity contribution in [1.82, 2.24) is 19.7 Å². The molecule has 0 aromatic carbocycles. The summed E-state index contributed by atoms with van der Waals surface area (Å²) in [6, 6.07) is 2.63. The summed E-state index contributed by atoms with van der Waals surface area (Å²) in [5.41, 5.74) is -0.329. The predicted octanol–water partition coefficient (Wildman–Crippen LogP) is -0.229. The fraction of sp³-hybridized carbons (Fsp3) is 0.231. The molecule has 0 aliphatic rings. The number of rotatable bonds is 7. The third-order valence-corrected chi connectivity index (χ3v) is 4.75. The quantitative estimate of drug-likeness (QED) is 0.529. The van der Waals surface area contributed by atoms with Gasteiger partial charge in [-0.1, -0.05) is 0 Å². The largest absolute Gasteiger partial charge is 0.481 e. The zero-order chi connectivity index (χ0) is 20.9. The van der Waals surface area contributed by atoms with E-state index in [1.807, 2.05) is 4.72 Å². The summed E-state index contributed by atoms with van der Waals surface area (Å²) in [7, 11) is -5.66. The minimum Gasteiger partial charge on any atom is -0.481 e. The lowest BCUT2D eigenvalue weighted by molar-refractivity contribution is 0.256. The second-order valence-corrected chi connectivity index (χ2v) is 8.41. The molecule has 2 amide bonds. The van der Waals surface area contributed by atoms with Gasteiger partial charge in [-0.3, -0.25) is 10.0 Å². The summed E-state index contributed by atoms with van der Waals surface area (Å²) in [4.78, 5) is 23.3. The molecule has 13 nitrogen and oxygen atoms in total. The van der Waals surface area contributed by atoms with Gasteiger partial charge in [-0.25, -0.2) is 22.9 Å². The number of sulfonamides is 2. The van der Waals surface area contributed by atoms with Crippen molar-refractivity contribution in [3.63, 3.8) is 0 Å². The van der Waals surface area contributed by atoms with E-state index in [1.54, 1.807) is 4.72 Å². The van der Waals surface area contributed by atoms with Crippen molar-refractivity contribution < 1.29 is 31.1 Å². The molecule has 2 heterocycles. The highest BCUT2D eigenvalue weighted by Gasteiger charge is 2.24. The molecule has 0 aliphatic carbocycles. The first-order valence-electron chi connectivity index (χ1n) is 7.28. The van der Waals surface area contributed by atoms with Gasteiger partial charge in [0, 0.05) is 6.20 Å². The van der Waals surface area contributed by atoms with E-state index in [2.05, 4.69) is 20.3 Å². The topological polar surface area (TPSA) is 179 Å². The van der Waals surface area contributed by atoms with Gasteiger partial charge in [0.2, 0.25) is 27.7 Å². The minimum absolute atomic E-state index is 0.0642. The molecule has 0 atom stereocenters. The summed E-state index contributed by atoms with van der Waals surface area (Å²) in [6.45, 7) is 0. The molecular weight excluding hydrogens is 416 g/mol. The van der Waals surface area contributed by atoms with E-state index < -0.39 is 31.1 Å².